The van der Waals surface area contributed by atoms with Crippen LogP contribution in [0.2, 0.25) is 0 Å². The molecule has 1 aromatic rings. The number of fused-ring (bicyclic) bond motifs is 4. The van der Waals surface area contributed by atoms with E-state index in [0.717, 1.165) is 50.2 Å². The Hall–Kier alpha value is -1.88. The van der Waals surface area contributed by atoms with Crippen LogP contribution in [0.4, 0.5) is 0 Å². The molecule has 2 aliphatic carbocycles. The number of allylic oxidation sites excluding steroid dienone is 1. The highest BCUT2D eigenvalue weighted by Gasteiger charge is 2.36. The predicted molar refractivity (Wildman–Crippen MR) is 97.7 cm³/mol. The number of rotatable bonds is 5. The lowest BCUT2D eigenvalue weighted by Gasteiger charge is -2.44. The van der Waals surface area contributed by atoms with E-state index in [1.807, 2.05) is 12.1 Å². The molecule has 1 unspecified atom stereocenters. The number of hydrogen-bond donors (Lipinski definition) is 1. The Labute approximate surface area is 153 Å². The maximum Gasteiger partial charge on any atom is 0.287 e. The van der Waals surface area contributed by atoms with Crippen LogP contribution in [-0.2, 0) is 11.2 Å². The average Bonchev–Trinajstić information content (AvgIpc) is 3.42. The van der Waals surface area contributed by atoms with E-state index in [2.05, 4.69) is 16.3 Å². The number of nitrogens with zero attached hydrogens (tertiary/aromatic N) is 1. The number of amides is 1. The molecule has 1 amide bonds. The van der Waals surface area contributed by atoms with Crippen LogP contribution in [0.25, 0.3) is 6.08 Å². The van der Waals surface area contributed by atoms with Crippen LogP contribution in [0.5, 0.6) is 0 Å². The predicted octanol–water partition coefficient (Wildman–Crippen LogP) is 2.66. The minimum Gasteiger partial charge on any atom is -0.455 e. The van der Waals surface area contributed by atoms with Crippen LogP contribution in [0.15, 0.2) is 16.6 Å². The highest BCUT2D eigenvalue weighted by atomic mass is 16.4. The van der Waals surface area contributed by atoms with Gasteiger partial charge in [-0.3, -0.25) is 9.59 Å². The van der Waals surface area contributed by atoms with Gasteiger partial charge in [-0.2, -0.15) is 0 Å². The molecule has 2 atom stereocenters. The van der Waals surface area contributed by atoms with Gasteiger partial charge in [0.15, 0.2) is 5.76 Å². The first kappa shape index (κ1) is 16.3. The first-order chi connectivity index (χ1) is 12.7. The number of Topliss-reactive ketones (excluding diaryl/α,β-unsaturated/α-hetero) is 1. The molecule has 4 fully saturated rings. The van der Waals surface area contributed by atoms with Gasteiger partial charge in [-0.25, -0.2) is 0 Å². The molecule has 26 heavy (non-hydrogen) atoms. The molecule has 138 valence electrons. The van der Waals surface area contributed by atoms with Crippen molar-refractivity contribution in [2.24, 2.45) is 17.8 Å². The molecular weight excluding hydrogens is 328 g/mol. The maximum absolute atomic E-state index is 12.7. The zero-order valence-electron chi connectivity index (χ0n) is 15.1. The second kappa shape index (κ2) is 6.38. The fraction of sp³-hybridized carbons (Fsp3) is 0.619. The zero-order chi connectivity index (χ0) is 17.7. The Morgan fingerprint density at radius 3 is 2.69 bits per heavy atom. The molecule has 1 aromatic heterocycles. The largest absolute Gasteiger partial charge is 0.455 e. The topological polar surface area (TPSA) is 62.6 Å². The number of carbonyl (C=O) groups excluding carboxylic acids is 2. The van der Waals surface area contributed by atoms with Gasteiger partial charge >= 0.3 is 0 Å². The fourth-order valence-electron chi connectivity index (χ4n) is 4.74. The third kappa shape index (κ3) is 3.13. The van der Waals surface area contributed by atoms with Gasteiger partial charge in [-0.15, -0.1) is 0 Å². The fourth-order valence-corrected chi connectivity index (χ4v) is 4.74. The summed E-state index contributed by atoms with van der Waals surface area (Å²) in [5.41, 5.74) is 0.985. The molecule has 0 aromatic carbocycles. The van der Waals surface area contributed by atoms with E-state index in [9.17, 15) is 9.59 Å². The number of furan rings is 1. The van der Waals surface area contributed by atoms with Crippen molar-refractivity contribution >= 4 is 17.8 Å². The van der Waals surface area contributed by atoms with Crippen LogP contribution in [-0.4, -0.2) is 42.3 Å². The number of hydrogen-bond acceptors (Lipinski definition) is 4. The van der Waals surface area contributed by atoms with Gasteiger partial charge < -0.3 is 14.6 Å². The summed E-state index contributed by atoms with van der Waals surface area (Å²) in [6, 6.07) is 2.09. The lowest BCUT2D eigenvalue weighted by atomic mass is 9.84. The van der Waals surface area contributed by atoms with Crippen molar-refractivity contribution in [1.82, 2.24) is 10.2 Å². The molecule has 5 nitrogen and oxygen atoms in total. The molecular formula is C21H26N2O3. The molecule has 3 aliphatic heterocycles. The summed E-state index contributed by atoms with van der Waals surface area (Å²) in [6.07, 6.45) is 9.92. The summed E-state index contributed by atoms with van der Waals surface area (Å²) >= 11 is 0. The SMILES string of the molecule is O=C(N[C@H]1CN2CCC1CC2)c1cc2c(o1)CC(CC(=O)C1CC1)C=C2. The molecule has 5 aliphatic rings. The van der Waals surface area contributed by atoms with E-state index in [4.69, 9.17) is 4.42 Å². The van der Waals surface area contributed by atoms with Crippen molar-refractivity contribution in [1.29, 1.82) is 0 Å². The van der Waals surface area contributed by atoms with Gasteiger partial charge in [0.25, 0.3) is 5.91 Å². The standard InChI is InChI=1S/C21H26N2O3/c24-18(15-3-4-15)9-13-1-2-16-11-20(26-19(16)10-13)21(25)22-17-12-23-7-5-14(17)6-8-23/h1-2,11,13-15,17H,3-10,12H2,(H,22,25)/t13?,17-/m0/s1. The van der Waals surface area contributed by atoms with Crippen molar-refractivity contribution in [3.8, 4) is 0 Å². The van der Waals surface area contributed by atoms with E-state index < -0.39 is 0 Å². The number of carbonyl (C=O) groups is 2. The number of nitrogens with one attached hydrogen (secondary N) is 1. The minimum absolute atomic E-state index is 0.0999. The second-order valence-electron chi connectivity index (χ2n) is 8.48. The summed E-state index contributed by atoms with van der Waals surface area (Å²) in [6.45, 7) is 3.29. The summed E-state index contributed by atoms with van der Waals surface area (Å²) in [7, 11) is 0. The van der Waals surface area contributed by atoms with Crippen molar-refractivity contribution in [2.75, 3.05) is 19.6 Å². The summed E-state index contributed by atoms with van der Waals surface area (Å²) in [5.74, 6) is 2.66. The summed E-state index contributed by atoms with van der Waals surface area (Å²) in [4.78, 5) is 27.1. The Balaban J connectivity index is 1.23. The van der Waals surface area contributed by atoms with Gasteiger partial charge in [-0.05, 0) is 56.7 Å². The van der Waals surface area contributed by atoms with Gasteiger partial charge in [0.1, 0.15) is 11.5 Å². The minimum atomic E-state index is -0.0999. The first-order valence-corrected chi connectivity index (χ1v) is 10.0. The Morgan fingerprint density at radius 1 is 1.19 bits per heavy atom. The number of ketones is 1. The lowest BCUT2D eigenvalue weighted by molar-refractivity contribution is -0.120. The van der Waals surface area contributed by atoms with E-state index >= 15 is 0 Å². The van der Waals surface area contributed by atoms with Gasteiger partial charge in [-0.1, -0.05) is 12.2 Å². The van der Waals surface area contributed by atoms with E-state index in [0.29, 0.717) is 29.8 Å². The highest BCUT2D eigenvalue weighted by molar-refractivity contribution is 5.92. The van der Waals surface area contributed by atoms with Crippen molar-refractivity contribution in [3.63, 3.8) is 0 Å². The molecule has 4 heterocycles. The molecule has 2 bridgehead atoms. The van der Waals surface area contributed by atoms with Crippen LogP contribution in [0.1, 0.15) is 54.0 Å². The molecule has 5 heteroatoms. The van der Waals surface area contributed by atoms with E-state index in [1.165, 1.54) is 12.8 Å². The first-order valence-electron chi connectivity index (χ1n) is 10.0. The maximum atomic E-state index is 12.7. The Morgan fingerprint density at radius 2 is 2.00 bits per heavy atom. The Kier molecular flexibility index (Phi) is 4.00. The van der Waals surface area contributed by atoms with E-state index in [-0.39, 0.29) is 17.9 Å². The molecule has 1 saturated carbocycles. The third-order valence-electron chi connectivity index (χ3n) is 6.53. The smallest absolute Gasteiger partial charge is 0.287 e. The lowest BCUT2D eigenvalue weighted by Crippen LogP contribution is -2.57. The average molecular weight is 354 g/mol. The van der Waals surface area contributed by atoms with E-state index in [1.54, 1.807) is 0 Å². The Bertz CT molecular complexity index is 753. The van der Waals surface area contributed by atoms with Crippen LogP contribution in [0.3, 0.4) is 0 Å². The quantitative estimate of drug-likeness (QED) is 0.883. The second-order valence-corrected chi connectivity index (χ2v) is 8.48. The third-order valence-corrected chi connectivity index (χ3v) is 6.53. The van der Waals surface area contributed by atoms with Crippen molar-refractivity contribution in [2.45, 2.75) is 44.6 Å². The van der Waals surface area contributed by atoms with Crippen molar-refractivity contribution < 1.29 is 14.0 Å². The summed E-state index contributed by atoms with van der Waals surface area (Å²) < 4.78 is 5.89. The zero-order valence-corrected chi connectivity index (χ0v) is 15.1. The van der Waals surface area contributed by atoms with Gasteiger partial charge in [0, 0.05) is 36.9 Å². The highest BCUT2D eigenvalue weighted by Crippen LogP contribution is 2.35. The molecule has 1 N–H and O–H groups in total. The van der Waals surface area contributed by atoms with Crippen LogP contribution < -0.4 is 5.32 Å². The molecule has 6 rings (SSSR count). The van der Waals surface area contributed by atoms with Crippen LogP contribution >= 0.6 is 0 Å². The number of piperidine rings is 3. The monoisotopic (exact) mass is 354 g/mol. The van der Waals surface area contributed by atoms with Crippen molar-refractivity contribution in [3.05, 3.63) is 29.2 Å². The van der Waals surface area contributed by atoms with Crippen LogP contribution in [0, 0.1) is 17.8 Å². The molecule has 0 radical (unpaired) electrons. The molecule has 3 saturated heterocycles. The molecule has 0 spiro atoms. The normalized spacial score (nSPS) is 32.3. The summed E-state index contributed by atoms with van der Waals surface area (Å²) in [5, 5.41) is 3.19. The van der Waals surface area contributed by atoms with Gasteiger partial charge in [0.2, 0.25) is 0 Å². The van der Waals surface area contributed by atoms with Gasteiger partial charge in [0.05, 0.1) is 0 Å².